The molecule has 0 atom stereocenters. The molecule has 0 amide bonds. The number of carbonyl (C=O) groups is 1. The van der Waals surface area contributed by atoms with E-state index in [1.54, 1.807) is 12.1 Å². The van der Waals surface area contributed by atoms with Crippen LogP contribution in [0.5, 0.6) is 11.5 Å². The third-order valence-electron chi connectivity index (χ3n) is 7.65. The summed E-state index contributed by atoms with van der Waals surface area (Å²) in [6, 6.07) is 16.4. The third kappa shape index (κ3) is 10.6. The molecule has 7 nitrogen and oxygen atoms in total. The van der Waals surface area contributed by atoms with Crippen molar-refractivity contribution in [3.8, 4) is 28.7 Å². The summed E-state index contributed by atoms with van der Waals surface area (Å²) in [6.45, 7) is 3.53. The van der Waals surface area contributed by atoms with Crippen molar-refractivity contribution in [2.45, 2.75) is 58.0 Å². The molecule has 260 valence electrons. The van der Waals surface area contributed by atoms with E-state index in [2.05, 4.69) is 4.98 Å². The van der Waals surface area contributed by atoms with Gasteiger partial charge >= 0.3 is 47.9 Å². The monoisotopic (exact) mass is 709 g/mol. The predicted octanol–water partition coefficient (Wildman–Crippen LogP) is 6.36. The van der Waals surface area contributed by atoms with Gasteiger partial charge in [0.2, 0.25) is 0 Å². The van der Waals surface area contributed by atoms with Crippen molar-refractivity contribution < 1.29 is 76.7 Å². The molecule has 0 saturated carbocycles. The first-order chi connectivity index (χ1) is 23.1. The van der Waals surface area contributed by atoms with Crippen molar-refractivity contribution in [3.63, 3.8) is 0 Å². The minimum absolute atomic E-state index is 0. The smallest absolute Gasteiger partial charge is 1.00 e. The third-order valence-corrected chi connectivity index (χ3v) is 7.65. The van der Waals surface area contributed by atoms with E-state index >= 15 is 0 Å². The van der Waals surface area contributed by atoms with Gasteiger partial charge in [-0.25, -0.2) is 4.98 Å². The maximum absolute atomic E-state index is 14.0. The molecular formula is C36H34F6N3NaO4. The molecule has 0 aliphatic carbocycles. The van der Waals surface area contributed by atoms with Crippen LogP contribution >= 0.6 is 0 Å². The topological polar surface area (TPSA) is 95.7 Å². The molecular weight excluding hydrogens is 675 g/mol. The van der Waals surface area contributed by atoms with Gasteiger partial charge in [-0.2, -0.15) is 31.6 Å². The van der Waals surface area contributed by atoms with Crippen LogP contribution in [-0.2, 0) is 30.2 Å². The average Bonchev–Trinajstić information content (AvgIpc) is 3.05. The van der Waals surface area contributed by atoms with Crippen LogP contribution in [0.15, 0.2) is 72.9 Å². The number of carboxylic acids is 1. The quantitative estimate of drug-likeness (QED) is 0.0982. The molecule has 1 heterocycles. The van der Waals surface area contributed by atoms with Gasteiger partial charge in [0.05, 0.1) is 42.7 Å². The standard InChI is InChI=1S/C36H33F6N3O4.Na.H/c1-22(2)25-6-10-32(48-3)31(17-25)30-9-7-27(35(37,38)39)16-26(30)21-45(20-24-13-23(18-43)14-28(15-24)36(40,41)42)33-11-8-29(19-44-33)49-12-4-5-34(46)47;;/h6-11,13-17,19,22H,4-5,12,20-21H2,1-3H3,(H,46,47);;/q;+1;-1. The zero-order valence-corrected chi connectivity index (χ0v) is 29.8. The Morgan fingerprint density at radius 2 is 1.66 bits per heavy atom. The number of pyridine rings is 1. The number of carboxylic acid groups (broad SMARTS) is 1. The van der Waals surface area contributed by atoms with E-state index in [9.17, 15) is 36.4 Å². The first kappa shape index (κ1) is 40.2. The number of hydrogen-bond donors (Lipinski definition) is 1. The van der Waals surface area contributed by atoms with E-state index in [-0.39, 0.29) is 97.7 Å². The minimum Gasteiger partial charge on any atom is -1.00 e. The van der Waals surface area contributed by atoms with Crippen molar-refractivity contribution in [3.05, 3.63) is 106 Å². The van der Waals surface area contributed by atoms with E-state index in [0.717, 1.165) is 29.8 Å². The van der Waals surface area contributed by atoms with Crippen LogP contribution in [0, 0.1) is 11.3 Å². The van der Waals surface area contributed by atoms with Gasteiger partial charge in [0.1, 0.15) is 17.3 Å². The number of rotatable bonds is 13. The van der Waals surface area contributed by atoms with Crippen molar-refractivity contribution in [1.82, 2.24) is 4.98 Å². The van der Waals surface area contributed by atoms with Gasteiger partial charge in [0.25, 0.3) is 0 Å². The molecule has 3 aromatic carbocycles. The number of methoxy groups -OCH3 is 1. The van der Waals surface area contributed by atoms with Gasteiger partial charge in [-0.3, -0.25) is 4.79 Å². The van der Waals surface area contributed by atoms with Crippen LogP contribution in [0.4, 0.5) is 32.2 Å². The van der Waals surface area contributed by atoms with E-state index in [1.165, 1.54) is 42.5 Å². The van der Waals surface area contributed by atoms with E-state index in [4.69, 9.17) is 14.6 Å². The van der Waals surface area contributed by atoms with Crippen molar-refractivity contribution in [2.75, 3.05) is 18.6 Å². The summed E-state index contributed by atoms with van der Waals surface area (Å²) in [5.74, 6) is -0.00117. The first-order valence-electron chi connectivity index (χ1n) is 15.1. The van der Waals surface area contributed by atoms with Gasteiger partial charge < -0.3 is 20.9 Å². The van der Waals surface area contributed by atoms with E-state index < -0.39 is 29.4 Å². The summed E-state index contributed by atoms with van der Waals surface area (Å²) in [5.41, 5.74) is -0.0836. The molecule has 0 unspecified atom stereocenters. The van der Waals surface area contributed by atoms with Crippen LogP contribution < -0.4 is 43.9 Å². The molecule has 1 aromatic heterocycles. The van der Waals surface area contributed by atoms with Crippen molar-refractivity contribution in [1.29, 1.82) is 5.26 Å². The first-order valence-corrected chi connectivity index (χ1v) is 15.1. The maximum atomic E-state index is 14.0. The summed E-state index contributed by atoms with van der Waals surface area (Å²) in [4.78, 5) is 16.7. The summed E-state index contributed by atoms with van der Waals surface area (Å²) < 4.78 is 94.6. The SMILES string of the molecule is COc1ccc(C(C)C)cc1-c1ccc(C(F)(F)F)cc1CN(Cc1cc(C#N)cc(C(F)(F)F)c1)c1ccc(OCCCC(=O)O)cn1.[H-].[Na+]. The van der Waals surface area contributed by atoms with Gasteiger partial charge in [-0.15, -0.1) is 0 Å². The molecule has 0 aliphatic heterocycles. The number of nitrogens with zero attached hydrogens (tertiary/aromatic N) is 3. The van der Waals surface area contributed by atoms with Crippen molar-refractivity contribution >= 4 is 11.8 Å². The fourth-order valence-electron chi connectivity index (χ4n) is 5.17. The van der Waals surface area contributed by atoms with Gasteiger partial charge in [-0.05, 0) is 89.2 Å². The molecule has 14 heteroatoms. The molecule has 1 N–H and O–H groups in total. The summed E-state index contributed by atoms with van der Waals surface area (Å²) >= 11 is 0. The van der Waals surface area contributed by atoms with E-state index in [0.29, 0.717) is 16.9 Å². The Balaban J connectivity index is 0.00000451. The normalized spacial score (nSPS) is 11.5. The van der Waals surface area contributed by atoms with Crippen LogP contribution in [-0.4, -0.2) is 29.8 Å². The Kier molecular flexibility index (Phi) is 13.8. The molecule has 0 bridgehead atoms. The Labute approximate surface area is 309 Å². The molecule has 0 saturated heterocycles. The number of nitriles is 1. The molecule has 50 heavy (non-hydrogen) atoms. The second-order valence-corrected chi connectivity index (χ2v) is 11.6. The Hall–Kier alpha value is -4.25. The molecule has 0 fully saturated rings. The minimum atomic E-state index is -4.75. The second kappa shape index (κ2) is 17.1. The second-order valence-electron chi connectivity index (χ2n) is 11.6. The van der Waals surface area contributed by atoms with Crippen LogP contribution in [0.1, 0.15) is 67.4 Å². The molecule has 4 rings (SSSR count). The average molecular weight is 710 g/mol. The molecule has 0 radical (unpaired) electrons. The maximum Gasteiger partial charge on any atom is 1.00 e. The number of anilines is 1. The Morgan fingerprint density at radius 1 is 0.940 bits per heavy atom. The summed E-state index contributed by atoms with van der Waals surface area (Å²) in [7, 11) is 1.44. The number of ether oxygens (including phenoxy) is 2. The molecule has 0 spiro atoms. The number of halogens is 6. The van der Waals surface area contributed by atoms with Crippen LogP contribution in [0.2, 0.25) is 0 Å². The number of hydrogen-bond acceptors (Lipinski definition) is 6. The Morgan fingerprint density at radius 3 is 2.24 bits per heavy atom. The fourth-order valence-corrected chi connectivity index (χ4v) is 5.17. The number of alkyl halides is 6. The molecule has 0 aliphatic rings. The van der Waals surface area contributed by atoms with Crippen LogP contribution in [0.25, 0.3) is 11.1 Å². The fraction of sp³-hybridized carbons (Fsp3) is 0.306. The number of benzene rings is 3. The largest absolute Gasteiger partial charge is 1.00 e. The van der Waals surface area contributed by atoms with Gasteiger partial charge in [0.15, 0.2) is 0 Å². The van der Waals surface area contributed by atoms with Crippen LogP contribution in [0.3, 0.4) is 0 Å². The summed E-state index contributed by atoms with van der Waals surface area (Å²) in [5, 5.41) is 18.3. The summed E-state index contributed by atoms with van der Waals surface area (Å²) in [6.07, 6.45) is -7.98. The van der Waals surface area contributed by atoms with Gasteiger partial charge in [0, 0.05) is 25.1 Å². The zero-order valence-electron chi connectivity index (χ0n) is 28.8. The number of aliphatic carboxylic acids is 1. The number of aromatic nitrogens is 1. The molecule has 4 aromatic rings. The van der Waals surface area contributed by atoms with Crippen molar-refractivity contribution in [2.24, 2.45) is 0 Å². The zero-order chi connectivity index (χ0) is 35.9. The predicted molar refractivity (Wildman–Crippen MR) is 171 cm³/mol. The Bertz CT molecular complexity index is 1830. The van der Waals surface area contributed by atoms with Gasteiger partial charge in [-0.1, -0.05) is 26.0 Å². The van der Waals surface area contributed by atoms with E-state index in [1.807, 2.05) is 26.0 Å².